The second-order valence-corrected chi connectivity index (χ2v) is 4.06. The van der Waals surface area contributed by atoms with E-state index in [4.69, 9.17) is 10.00 Å². The molecule has 0 unspecified atom stereocenters. The summed E-state index contributed by atoms with van der Waals surface area (Å²) in [7, 11) is 0. The van der Waals surface area contributed by atoms with Gasteiger partial charge in [-0.25, -0.2) is 4.98 Å². The zero-order valence-electron chi connectivity index (χ0n) is 8.88. The molecule has 5 nitrogen and oxygen atoms in total. The average Bonchev–Trinajstić information content (AvgIpc) is 2.75. The Labute approximate surface area is 107 Å². The Balaban J connectivity index is 1.95. The fraction of sp³-hybridized carbons (Fsp3) is 0.182. The first-order valence-corrected chi connectivity index (χ1v) is 5.72. The quantitative estimate of drug-likeness (QED) is 0.810. The van der Waals surface area contributed by atoms with Crippen LogP contribution in [0.25, 0.3) is 0 Å². The molecule has 0 saturated heterocycles. The average molecular weight is 293 g/mol. The van der Waals surface area contributed by atoms with Crippen LogP contribution in [0.1, 0.15) is 5.69 Å². The summed E-state index contributed by atoms with van der Waals surface area (Å²) in [6.07, 6.45) is 1.75. The summed E-state index contributed by atoms with van der Waals surface area (Å²) in [5, 5.41) is 12.7. The summed E-state index contributed by atoms with van der Waals surface area (Å²) < 4.78 is 7.75. The largest absolute Gasteiger partial charge is 0.471 e. The zero-order valence-corrected chi connectivity index (χ0v) is 10.5. The van der Waals surface area contributed by atoms with Crippen molar-refractivity contribution in [2.75, 3.05) is 0 Å². The van der Waals surface area contributed by atoms with Crippen LogP contribution in [0.2, 0.25) is 0 Å². The number of ether oxygens (including phenoxy) is 1. The van der Waals surface area contributed by atoms with Crippen LogP contribution in [-0.4, -0.2) is 14.8 Å². The number of hydrogen-bond donors (Lipinski definition) is 0. The highest BCUT2D eigenvalue weighted by atomic mass is 79.9. The van der Waals surface area contributed by atoms with Gasteiger partial charge in [-0.1, -0.05) is 6.07 Å². The Morgan fingerprint density at radius 2 is 2.29 bits per heavy atom. The summed E-state index contributed by atoms with van der Waals surface area (Å²) in [6, 6.07) is 9.29. The van der Waals surface area contributed by atoms with E-state index in [0.29, 0.717) is 12.5 Å². The minimum atomic E-state index is 0.245. The second-order valence-electron chi connectivity index (χ2n) is 3.25. The number of halogens is 1. The van der Waals surface area contributed by atoms with Crippen molar-refractivity contribution >= 4 is 15.9 Å². The molecule has 2 rings (SSSR count). The molecule has 2 aromatic heterocycles. The Hall–Kier alpha value is -1.87. The van der Waals surface area contributed by atoms with Crippen LogP contribution in [0.4, 0.5) is 0 Å². The summed E-state index contributed by atoms with van der Waals surface area (Å²) in [4.78, 5) is 4.14. The third-order valence-corrected chi connectivity index (χ3v) is 2.43. The van der Waals surface area contributed by atoms with Gasteiger partial charge in [0.2, 0.25) is 5.88 Å². The lowest BCUT2D eigenvalue weighted by atomic mass is 10.4. The molecule has 0 fully saturated rings. The molecule has 0 atom stereocenters. The molecule has 0 N–H and O–H groups in total. The molecule has 0 spiro atoms. The molecule has 0 radical (unpaired) electrons. The maximum absolute atomic E-state index is 8.51. The van der Waals surface area contributed by atoms with Crippen molar-refractivity contribution in [1.82, 2.24) is 14.8 Å². The first kappa shape index (κ1) is 11.6. The van der Waals surface area contributed by atoms with Gasteiger partial charge >= 0.3 is 0 Å². The predicted molar refractivity (Wildman–Crippen MR) is 64.1 cm³/mol. The standard InChI is InChI=1S/C11H9BrN4O/c12-10-2-1-3-11(14-10)17-8-9-4-6-16(15-9)7-5-13/h1-4,6H,7-8H2. The van der Waals surface area contributed by atoms with Crippen LogP contribution in [0.5, 0.6) is 5.88 Å². The van der Waals surface area contributed by atoms with Gasteiger partial charge in [-0.3, -0.25) is 4.68 Å². The highest BCUT2D eigenvalue weighted by Gasteiger charge is 2.01. The summed E-state index contributed by atoms with van der Waals surface area (Å²) in [5.41, 5.74) is 0.766. The molecule has 0 aliphatic heterocycles. The van der Waals surface area contributed by atoms with Crippen LogP contribution < -0.4 is 4.74 Å². The molecule has 6 heteroatoms. The molecule has 0 aliphatic carbocycles. The van der Waals surface area contributed by atoms with Crippen LogP contribution in [0.15, 0.2) is 35.1 Å². The molecule has 0 saturated carbocycles. The van der Waals surface area contributed by atoms with Crippen LogP contribution in [0, 0.1) is 11.3 Å². The van der Waals surface area contributed by atoms with Gasteiger partial charge in [-0.2, -0.15) is 10.4 Å². The van der Waals surface area contributed by atoms with Crippen molar-refractivity contribution in [3.63, 3.8) is 0 Å². The second kappa shape index (κ2) is 5.46. The molecule has 0 aromatic carbocycles. The molecule has 0 amide bonds. The molecule has 2 heterocycles. The van der Waals surface area contributed by atoms with Crippen molar-refractivity contribution in [3.05, 3.63) is 40.8 Å². The van der Waals surface area contributed by atoms with Gasteiger partial charge in [0.05, 0.1) is 11.8 Å². The predicted octanol–water partition coefficient (Wildman–Crippen LogP) is 2.14. The maximum Gasteiger partial charge on any atom is 0.214 e. The fourth-order valence-electron chi connectivity index (χ4n) is 1.26. The topological polar surface area (TPSA) is 63.7 Å². The lowest BCUT2D eigenvalue weighted by Crippen LogP contribution is -2.01. The minimum Gasteiger partial charge on any atom is -0.471 e. The number of nitrogens with zero attached hydrogens (tertiary/aromatic N) is 4. The highest BCUT2D eigenvalue weighted by Crippen LogP contribution is 2.13. The van der Waals surface area contributed by atoms with E-state index in [1.165, 1.54) is 0 Å². The van der Waals surface area contributed by atoms with Crippen molar-refractivity contribution < 1.29 is 4.74 Å². The van der Waals surface area contributed by atoms with Crippen molar-refractivity contribution in [3.8, 4) is 11.9 Å². The Morgan fingerprint density at radius 3 is 3.06 bits per heavy atom. The van der Waals surface area contributed by atoms with Gasteiger partial charge in [0, 0.05) is 12.3 Å². The first-order chi connectivity index (χ1) is 8.28. The molecular formula is C11H9BrN4O. The summed E-state index contributed by atoms with van der Waals surface area (Å²) in [5.74, 6) is 0.536. The van der Waals surface area contributed by atoms with E-state index in [1.54, 1.807) is 16.9 Å². The van der Waals surface area contributed by atoms with Gasteiger partial charge in [0.25, 0.3) is 0 Å². The third kappa shape index (κ3) is 3.29. The zero-order chi connectivity index (χ0) is 12.1. The summed E-state index contributed by atoms with van der Waals surface area (Å²) >= 11 is 3.27. The van der Waals surface area contributed by atoms with E-state index in [9.17, 15) is 0 Å². The number of hydrogen-bond acceptors (Lipinski definition) is 4. The molecular weight excluding hydrogens is 284 g/mol. The highest BCUT2D eigenvalue weighted by molar-refractivity contribution is 9.10. The van der Waals surface area contributed by atoms with Crippen LogP contribution in [-0.2, 0) is 13.2 Å². The smallest absolute Gasteiger partial charge is 0.214 e. The normalized spacial score (nSPS) is 9.88. The van der Waals surface area contributed by atoms with E-state index in [1.807, 2.05) is 24.3 Å². The van der Waals surface area contributed by atoms with E-state index in [-0.39, 0.29) is 6.54 Å². The number of rotatable bonds is 4. The first-order valence-electron chi connectivity index (χ1n) is 4.92. The monoisotopic (exact) mass is 292 g/mol. The Kier molecular flexibility index (Phi) is 3.73. The van der Waals surface area contributed by atoms with Crippen molar-refractivity contribution in [2.24, 2.45) is 0 Å². The lowest BCUT2D eigenvalue weighted by Gasteiger charge is -2.02. The number of nitriles is 1. The maximum atomic E-state index is 8.51. The van der Waals surface area contributed by atoms with E-state index in [2.05, 4.69) is 26.0 Å². The van der Waals surface area contributed by atoms with Gasteiger partial charge in [-0.05, 0) is 28.1 Å². The minimum absolute atomic E-state index is 0.245. The van der Waals surface area contributed by atoms with E-state index in [0.717, 1.165) is 10.3 Å². The van der Waals surface area contributed by atoms with Gasteiger partial charge in [0.1, 0.15) is 17.8 Å². The van der Waals surface area contributed by atoms with Crippen LogP contribution in [0.3, 0.4) is 0 Å². The van der Waals surface area contributed by atoms with Crippen molar-refractivity contribution in [1.29, 1.82) is 5.26 Å². The fourth-order valence-corrected chi connectivity index (χ4v) is 1.59. The number of aromatic nitrogens is 3. The van der Waals surface area contributed by atoms with Crippen molar-refractivity contribution in [2.45, 2.75) is 13.2 Å². The third-order valence-electron chi connectivity index (χ3n) is 1.99. The molecule has 17 heavy (non-hydrogen) atoms. The van der Waals surface area contributed by atoms with E-state index < -0.39 is 0 Å². The Bertz CT molecular complexity index is 546. The molecule has 0 bridgehead atoms. The molecule has 2 aromatic rings. The van der Waals surface area contributed by atoms with Gasteiger partial charge in [-0.15, -0.1) is 0 Å². The van der Waals surface area contributed by atoms with E-state index >= 15 is 0 Å². The molecule has 86 valence electrons. The van der Waals surface area contributed by atoms with Gasteiger partial charge in [0.15, 0.2) is 0 Å². The summed E-state index contributed by atoms with van der Waals surface area (Å²) in [6.45, 7) is 0.580. The van der Waals surface area contributed by atoms with Crippen LogP contribution >= 0.6 is 15.9 Å². The number of pyridine rings is 1. The Morgan fingerprint density at radius 1 is 1.41 bits per heavy atom. The SMILES string of the molecule is N#CCn1ccc(COc2cccc(Br)n2)n1. The molecule has 0 aliphatic rings. The lowest BCUT2D eigenvalue weighted by molar-refractivity contribution is 0.287. The van der Waals surface area contributed by atoms with Gasteiger partial charge < -0.3 is 4.74 Å².